The molecule has 0 N–H and O–H groups in total. The molecule has 126 valence electrons. The van der Waals surface area contributed by atoms with Crippen molar-refractivity contribution in [1.29, 1.82) is 0 Å². The summed E-state index contributed by atoms with van der Waals surface area (Å²) in [5.74, 6) is 0.873. The van der Waals surface area contributed by atoms with Gasteiger partial charge in [0, 0.05) is 5.41 Å². The van der Waals surface area contributed by atoms with Crippen molar-refractivity contribution in [3.63, 3.8) is 0 Å². The van der Waals surface area contributed by atoms with Crippen molar-refractivity contribution in [1.82, 2.24) is 0 Å². The molecule has 0 aromatic heterocycles. The monoisotopic (exact) mass is 308 g/mol. The molecule has 1 atom stereocenters. The summed E-state index contributed by atoms with van der Waals surface area (Å²) in [5, 5.41) is 0. The molecule has 0 bridgehead atoms. The lowest BCUT2D eigenvalue weighted by Gasteiger charge is -2.43. The molecule has 0 radical (unpaired) electrons. The molecular weight excluding hydrogens is 276 g/mol. The molecular formula is C19H32O3. The second-order valence-corrected chi connectivity index (χ2v) is 7.31. The Labute approximate surface area is 136 Å². The van der Waals surface area contributed by atoms with Crippen molar-refractivity contribution in [2.45, 2.75) is 66.3 Å². The molecule has 3 nitrogen and oxygen atoms in total. The van der Waals surface area contributed by atoms with Crippen LogP contribution in [0.2, 0.25) is 0 Å². The van der Waals surface area contributed by atoms with Gasteiger partial charge in [0.25, 0.3) is 0 Å². The van der Waals surface area contributed by atoms with Gasteiger partial charge in [-0.3, -0.25) is 0 Å². The maximum absolute atomic E-state index is 6.25. The first-order chi connectivity index (χ1) is 10.1. The quantitative estimate of drug-likeness (QED) is 0.662. The van der Waals surface area contributed by atoms with Crippen molar-refractivity contribution in [3.05, 3.63) is 30.3 Å². The highest BCUT2D eigenvalue weighted by Gasteiger charge is 2.39. The minimum absolute atomic E-state index is 0.00790. The maximum atomic E-state index is 6.25. The Hall–Kier alpha value is -1.06. The number of hydrogen-bond donors (Lipinski definition) is 0. The van der Waals surface area contributed by atoms with E-state index < -0.39 is 0 Å². The molecule has 1 unspecified atom stereocenters. The van der Waals surface area contributed by atoms with E-state index in [1.807, 2.05) is 37.3 Å². The van der Waals surface area contributed by atoms with E-state index in [1.54, 1.807) is 0 Å². The van der Waals surface area contributed by atoms with Gasteiger partial charge in [0.1, 0.15) is 12.4 Å². The van der Waals surface area contributed by atoms with Crippen molar-refractivity contribution in [2.24, 2.45) is 5.41 Å². The van der Waals surface area contributed by atoms with Crippen LogP contribution in [-0.4, -0.2) is 31.0 Å². The minimum Gasteiger partial charge on any atom is -0.491 e. The SMILES string of the molecule is CC(C)OCC(C)(C)C(C)(C)OC(C)COc1ccccc1. The van der Waals surface area contributed by atoms with Crippen molar-refractivity contribution in [3.8, 4) is 5.75 Å². The molecule has 0 aliphatic carbocycles. The van der Waals surface area contributed by atoms with E-state index in [1.165, 1.54) is 0 Å². The minimum atomic E-state index is -0.304. The fourth-order valence-corrected chi connectivity index (χ4v) is 1.98. The van der Waals surface area contributed by atoms with Gasteiger partial charge in [-0.15, -0.1) is 0 Å². The first-order valence-electron chi connectivity index (χ1n) is 8.11. The summed E-state index contributed by atoms with van der Waals surface area (Å²) in [6, 6.07) is 9.83. The molecule has 1 aromatic rings. The molecule has 0 saturated carbocycles. The van der Waals surface area contributed by atoms with Gasteiger partial charge in [-0.05, 0) is 46.8 Å². The Morgan fingerprint density at radius 2 is 1.55 bits per heavy atom. The Bertz CT molecular complexity index is 424. The molecule has 1 aromatic carbocycles. The highest BCUT2D eigenvalue weighted by Crippen LogP contribution is 2.35. The summed E-state index contributed by atoms with van der Waals surface area (Å²) in [5.41, 5.74) is -0.389. The second kappa shape index (κ2) is 7.98. The van der Waals surface area contributed by atoms with Crippen LogP contribution in [0.15, 0.2) is 30.3 Å². The third-order valence-electron chi connectivity index (χ3n) is 4.13. The molecule has 0 aliphatic heterocycles. The van der Waals surface area contributed by atoms with Crippen LogP contribution in [0.1, 0.15) is 48.5 Å². The fourth-order valence-electron chi connectivity index (χ4n) is 1.98. The third kappa shape index (κ3) is 5.98. The normalized spacial score (nSPS) is 14.2. The van der Waals surface area contributed by atoms with Crippen LogP contribution >= 0.6 is 0 Å². The molecule has 3 heteroatoms. The number of hydrogen-bond acceptors (Lipinski definition) is 3. The Kier molecular flexibility index (Phi) is 6.89. The molecule has 0 spiro atoms. The number of ether oxygens (including phenoxy) is 3. The smallest absolute Gasteiger partial charge is 0.119 e. The van der Waals surface area contributed by atoms with Gasteiger partial charge in [-0.2, -0.15) is 0 Å². The molecule has 0 aliphatic rings. The summed E-state index contributed by atoms with van der Waals surface area (Å²) in [4.78, 5) is 0. The number of para-hydroxylation sites is 1. The molecule has 1 rings (SSSR count). The van der Waals surface area contributed by atoms with E-state index in [0.29, 0.717) is 13.2 Å². The van der Waals surface area contributed by atoms with E-state index in [4.69, 9.17) is 14.2 Å². The van der Waals surface area contributed by atoms with E-state index in [-0.39, 0.29) is 23.2 Å². The van der Waals surface area contributed by atoms with Gasteiger partial charge in [-0.25, -0.2) is 0 Å². The van der Waals surface area contributed by atoms with Crippen LogP contribution in [0.3, 0.4) is 0 Å². The maximum Gasteiger partial charge on any atom is 0.119 e. The Balaban J connectivity index is 2.51. The topological polar surface area (TPSA) is 27.7 Å². The lowest BCUT2D eigenvalue weighted by molar-refractivity contribution is -0.161. The average Bonchev–Trinajstić information content (AvgIpc) is 2.43. The Morgan fingerprint density at radius 1 is 0.955 bits per heavy atom. The molecule has 0 saturated heterocycles. The van der Waals surface area contributed by atoms with Gasteiger partial charge < -0.3 is 14.2 Å². The van der Waals surface area contributed by atoms with Gasteiger partial charge in [0.2, 0.25) is 0 Å². The molecule has 22 heavy (non-hydrogen) atoms. The third-order valence-corrected chi connectivity index (χ3v) is 4.13. The number of rotatable bonds is 9. The Morgan fingerprint density at radius 3 is 2.09 bits per heavy atom. The molecule has 0 fully saturated rings. The summed E-state index contributed by atoms with van der Waals surface area (Å²) in [6.07, 6.45) is 0.238. The molecule has 0 amide bonds. The van der Waals surface area contributed by atoms with Crippen LogP contribution in [0, 0.1) is 5.41 Å². The first-order valence-corrected chi connectivity index (χ1v) is 8.11. The van der Waals surface area contributed by atoms with E-state index in [9.17, 15) is 0 Å². The summed E-state index contributed by atoms with van der Waals surface area (Å²) >= 11 is 0. The van der Waals surface area contributed by atoms with Crippen LogP contribution in [-0.2, 0) is 9.47 Å². The van der Waals surface area contributed by atoms with Gasteiger partial charge >= 0.3 is 0 Å². The predicted octanol–water partition coefficient (Wildman–Crippen LogP) is 4.70. The lowest BCUT2D eigenvalue weighted by Crippen LogP contribution is -2.47. The van der Waals surface area contributed by atoms with E-state index in [2.05, 4.69) is 41.5 Å². The van der Waals surface area contributed by atoms with Crippen LogP contribution in [0.25, 0.3) is 0 Å². The van der Waals surface area contributed by atoms with E-state index >= 15 is 0 Å². The van der Waals surface area contributed by atoms with Gasteiger partial charge in [0.05, 0.1) is 24.4 Å². The summed E-state index contributed by atoms with van der Waals surface area (Å²) in [6.45, 7) is 16.0. The average molecular weight is 308 g/mol. The zero-order valence-electron chi connectivity index (χ0n) is 15.2. The van der Waals surface area contributed by atoms with Gasteiger partial charge in [-0.1, -0.05) is 32.0 Å². The fraction of sp³-hybridized carbons (Fsp3) is 0.684. The lowest BCUT2D eigenvalue weighted by atomic mass is 9.77. The number of benzene rings is 1. The first kappa shape index (κ1) is 19.0. The summed E-state index contributed by atoms with van der Waals surface area (Å²) in [7, 11) is 0. The zero-order valence-corrected chi connectivity index (χ0v) is 15.2. The van der Waals surface area contributed by atoms with Crippen LogP contribution in [0.4, 0.5) is 0 Å². The highest BCUT2D eigenvalue weighted by molar-refractivity contribution is 5.20. The van der Waals surface area contributed by atoms with Crippen molar-refractivity contribution < 1.29 is 14.2 Å². The predicted molar refractivity (Wildman–Crippen MR) is 91.4 cm³/mol. The largest absolute Gasteiger partial charge is 0.491 e. The zero-order chi connectivity index (χ0) is 16.8. The molecule has 0 heterocycles. The van der Waals surface area contributed by atoms with E-state index in [0.717, 1.165) is 5.75 Å². The summed E-state index contributed by atoms with van der Waals surface area (Å²) < 4.78 is 17.8. The van der Waals surface area contributed by atoms with Crippen molar-refractivity contribution in [2.75, 3.05) is 13.2 Å². The van der Waals surface area contributed by atoms with Crippen molar-refractivity contribution >= 4 is 0 Å². The standard InChI is InChI=1S/C19H32O3/c1-15(2)21-14-18(4,5)19(6,7)22-16(3)13-20-17-11-9-8-10-12-17/h8-12,15-16H,13-14H2,1-7H3. The van der Waals surface area contributed by atoms with Crippen LogP contribution < -0.4 is 4.74 Å². The highest BCUT2D eigenvalue weighted by atomic mass is 16.5. The van der Waals surface area contributed by atoms with Gasteiger partial charge in [0.15, 0.2) is 0 Å². The van der Waals surface area contributed by atoms with Crippen LogP contribution in [0.5, 0.6) is 5.75 Å². The second-order valence-electron chi connectivity index (χ2n) is 7.31.